The van der Waals surface area contributed by atoms with Crippen molar-refractivity contribution in [2.24, 2.45) is 0 Å². The zero-order valence-corrected chi connectivity index (χ0v) is 20.9. The Balaban J connectivity index is 1.81. The van der Waals surface area contributed by atoms with Crippen molar-refractivity contribution >= 4 is 23.2 Å². The van der Waals surface area contributed by atoms with E-state index in [1.165, 1.54) is 0 Å². The molecule has 6 nitrogen and oxygen atoms in total. The van der Waals surface area contributed by atoms with Crippen molar-refractivity contribution < 1.29 is 29.2 Å². The predicted molar refractivity (Wildman–Crippen MR) is 140 cm³/mol. The summed E-state index contributed by atoms with van der Waals surface area (Å²) in [5.41, 5.74) is 2.19. The monoisotopic (exact) mass is 486 g/mol. The molecule has 0 spiro atoms. The lowest BCUT2D eigenvalue weighted by molar-refractivity contribution is -0.130. The fraction of sp³-hybridized carbons (Fsp3) is 0.233. The number of hydrogen-bond donors (Lipinski definition) is 2. The van der Waals surface area contributed by atoms with Gasteiger partial charge in [-0.25, -0.2) is 4.79 Å². The summed E-state index contributed by atoms with van der Waals surface area (Å²) in [6.07, 6.45) is 3.66. The number of aliphatic carboxylic acids is 1. The first-order valence-electron chi connectivity index (χ1n) is 11.8. The Bertz CT molecular complexity index is 1340. The van der Waals surface area contributed by atoms with Gasteiger partial charge in [-0.2, -0.15) is 0 Å². The minimum absolute atomic E-state index is 0.0254. The summed E-state index contributed by atoms with van der Waals surface area (Å²) in [6, 6.07) is 18.2. The molecule has 2 N–H and O–H groups in total. The molecule has 0 saturated heterocycles. The molecule has 4 rings (SSSR count). The van der Waals surface area contributed by atoms with Crippen LogP contribution in [0.4, 0.5) is 0 Å². The third-order valence-electron chi connectivity index (χ3n) is 5.96. The van der Waals surface area contributed by atoms with E-state index in [1.807, 2.05) is 57.2 Å². The van der Waals surface area contributed by atoms with Crippen molar-refractivity contribution in [1.82, 2.24) is 0 Å². The van der Waals surface area contributed by atoms with Gasteiger partial charge in [-0.1, -0.05) is 30.3 Å². The van der Waals surface area contributed by atoms with E-state index in [0.29, 0.717) is 46.1 Å². The Labute approximate surface area is 211 Å². The first kappa shape index (κ1) is 24.9. The molecule has 0 saturated carbocycles. The SMILES string of the molecule is CCOc1ccc(C(C(=O)O)=C(C)c2ccc3c(c2O)C=CC(C)(C)O3)c(OCc2ccccc2)c1. The highest BCUT2D eigenvalue weighted by atomic mass is 16.5. The molecule has 0 bridgehead atoms. The van der Waals surface area contributed by atoms with Crippen molar-refractivity contribution in [1.29, 1.82) is 0 Å². The lowest BCUT2D eigenvalue weighted by atomic mass is 9.92. The molecule has 6 heteroatoms. The van der Waals surface area contributed by atoms with Gasteiger partial charge < -0.3 is 24.4 Å². The normalized spacial score (nSPS) is 14.3. The number of fused-ring (bicyclic) bond motifs is 1. The molecule has 186 valence electrons. The Kier molecular flexibility index (Phi) is 7.06. The van der Waals surface area contributed by atoms with Crippen LogP contribution in [-0.4, -0.2) is 28.4 Å². The van der Waals surface area contributed by atoms with Crippen molar-refractivity contribution in [3.63, 3.8) is 0 Å². The lowest BCUT2D eigenvalue weighted by Crippen LogP contribution is -2.27. The van der Waals surface area contributed by atoms with E-state index in [4.69, 9.17) is 14.2 Å². The number of phenolic OH excluding ortho intramolecular Hbond substituents is 1. The second-order valence-corrected chi connectivity index (χ2v) is 9.08. The van der Waals surface area contributed by atoms with Crippen LogP contribution < -0.4 is 14.2 Å². The minimum atomic E-state index is -1.13. The number of allylic oxidation sites excluding steroid dienone is 1. The van der Waals surface area contributed by atoms with Gasteiger partial charge in [-0.3, -0.25) is 0 Å². The summed E-state index contributed by atoms with van der Waals surface area (Å²) in [7, 11) is 0. The van der Waals surface area contributed by atoms with Crippen LogP contribution in [0.3, 0.4) is 0 Å². The Morgan fingerprint density at radius 3 is 2.42 bits per heavy atom. The topological polar surface area (TPSA) is 85.2 Å². The van der Waals surface area contributed by atoms with Gasteiger partial charge in [0.1, 0.15) is 35.2 Å². The molecule has 0 aliphatic carbocycles. The highest BCUT2D eigenvalue weighted by molar-refractivity contribution is 6.24. The van der Waals surface area contributed by atoms with Crippen LogP contribution in [0, 0.1) is 0 Å². The maximum atomic E-state index is 12.6. The fourth-order valence-electron chi connectivity index (χ4n) is 4.18. The van der Waals surface area contributed by atoms with Crippen molar-refractivity contribution in [2.75, 3.05) is 6.61 Å². The van der Waals surface area contributed by atoms with E-state index >= 15 is 0 Å². The average Bonchev–Trinajstić information content (AvgIpc) is 2.84. The predicted octanol–water partition coefficient (Wildman–Crippen LogP) is 6.57. The van der Waals surface area contributed by atoms with Crippen LogP contribution in [0.25, 0.3) is 17.2 Å². The number of rotatable bonds is 8. The van der Waals surface area contributed by atoms with Gasteiger partial charge in [0.05, 0.1) is 17.7 Å². The molecule has 1 aliphatic heterocycles. The van der Waals surface area contributed by atoms with E-state index < -0.39 is 11.6 Å². The summed E-state index contributed by atoms with van der Waals surface area (Å²) >= 11 is 0. The largest absolute Gasteiger partial charge is 0.507 e. The van der Waals surface area contributed by atoms with Gasteiger partial charge in [-0.15, -0.1) is 0 Å². The maximum Gasteiger partial charge on any atom is 0.336 e. The Morgan fingerprint density at radius 1 is 1.00 bits per heavy atom. The van der Waals surface area contributed by atoms with Gasteiger partial charge >= 0.3 is 5.97 Å². The van der Waals surface area contributed by atoms with Crippen LogP contribution in [0.1, 0.15) is 49.9 Å². The molecule has 0 radical (unpaired) electrons. The fourth-order valence-corrected chi connectivity index (χ4v) is 4.18. The number of ether oxygens (including phenoxy) is 3. The minimum Gasteiger partial charge on any atom is -0.507 e. The number of carboxylic acids is 1. The van der Waals surface area contributed by atoms with E-state index in [2.05, 4.69) is 0 Å². The molecule has 3 aromatic carbocycles. The van der Waals surface area contributed by atoms with Gasteiger partial charge in [0.15, 0.2) is 0 Å². The van der Waals surface area contributed by atoms with E-state index in [-0.39, 0.29) is 17.9 Å². The average molecular weight is 487 g/mol. The lowest BCUT2D eigenvalue weighted by Gasteiger charge is -2.28. The van der Waals surface area contributed by atoms with E-state index in [1.54, 1.807) is 43.3 Å². The molecule has 3 aromatic rings. The number of hydrogen-bond acceptors (Lipinski definition) is 5. The maximum absolute atomic E-state index is 12.6. The number of aromatic hydroxyl groups is 1. The first-order chi connectivity index (χ1) is 17.2. The summed E-state index contributed by atoms with van der Waals surface area (Å²) in [5.74, 6) is 0.332. The zero-order chi connectivity index (χ0) is 25.9. The third kappa shape index (κ3) is 5.23. The molecule has 0 fully saturated rings. The standard InChI is InChI=1S/C30H30O6/c1-5-34-21-11-12-23(26(17-21)35-18-20-9-7-6-8-10-20)27(29(32)33)19(2)22-13-14-25-24(28(22)31)15-16-30(3,4)36-25/h6-17,31H,5,18H2,1-4H3,(H,32,33). The zero-order valence-electron chi connectivity index (χ0n) is 20.9. The van der Waals surface area contributed by atoms with Crippen LogP contribution in [0.5, 0.6) is 23.0 Å². The molecule has 0 atom stereocenters. The molecule has 0 aromatic heterocycles. The molecule has 0 unspecified atom stereocenters. The van der Waals surface area contributed by atoms with Crippen LogP contribution >= 0.6 is 0 Å². The van der Waals surface area contributed by atoms with Gasteiger partial charge in [0.25, 0.3) is 0 Å². The first-order valence-corrected chi connectivity index (χ1v) is 11.8. The Hall–Kier alpha value is -4.19. The smallest absolute Gasteiger partial charge is 0.336 e. The van der Waals surface area contributed by atoms with Crippen LogP contribution in [0.2, 0.25) is 0 Å². The molecule has 0 amide bonds. The number of carbonyl (C=O) groups is 1. The van der Waals surface area contributed by atoms with E-state index in [9.17, 15) is 15.0 Å². The second kappa shape index (κ2) is 10.2. The number of carboxylic acid groups (broad SMARTS) is 1. The molecule has 36 heavy (non-hydrogen) atoms. The Morgan fingerprint density at radius 2 is 1.72 bits per heavy atom. The summed E-state index contributed by atoms with van der Waals surface area (Å²) in [5, 5.41) is 21.4. The van der Waals surface area contributed by atoms with Gasteiger partial charge in [-0.05, 0) is 75.2 Å². The molecular formula is C30H30O6. The third-order valence-corrected chi connectivity index (χ3v) is 5.96. The molecule has 1 heterocycles. The number of phenols is 1. The summed E-state index contributed by atoms with van der Waals surface area (Å²) in [4.78, 5) is 12.6. The van der Waals surface area contributed by atoms with Crippen LogP contribution in [-0.2, 0) is 11.4 Å². The highest BCUT2D eigenvalue weighted by Gasteiger charge is 2.27. The molecule has 1 aliphatic rings. The summed E-state index contributed by atoms with van der Waals surface area (Å²) in [6.45, 7) is 8.13. The van der Waals surface area contributed by atoms with Crippen LogP contribution in [0.15, 0.2) is 66.7 Å². The van der Waals surface area contributed by atoms with E-state index in [0.717, 1.165) is 5.56 Å². The van der Waals surface area contributed by atoms with Crippen molar-refractivity contribution in [2.45, 2.75) is 39.9 Å². The highest BCUT2D eigenvalue weighted by Crippen LogP contribution is 2.43. The summed E-state index contributed by atoms with van der Waals surface area (Å²) < 4.78 is 17.7. The van der Waals surface area contributed by atoms with Crippen molar-refractivity contribution in [3.05, 3.63) is 89.0 Å². The molecular weight excluding hydrogens is 456 g/mol. The van der Waals surface area contributed by atoms with Crippen molar-refractivity contribution in [3.8, 4) is 23.0 Å². The second-order valence-electron chi connectivity index (χ2n) is 9.08. The van der Waals surface area contributed by atoms with Gasteiger partial charge in [0.2, 0.25) is 0 Å². The number of benzene rings is 3. The van der Waals surface area contributed by atoms with Gasteiger partial charge in [0, 0.05) is 17.2 Å². The quantitative estimate of drug-likeness (QED) is 0.277.